The van der Waals surface area contributed by atoms with Crippen molar-refractivity contribution >= 4 is 11.5 Å². The molecule has 0 unspecified atom stereocenters. The van der Waals surface area contributed by atoms with Crippen LogP contribution in [-0.4, -0.2) is 21.9 Å². The zero-order chi connectivity index (χ0) is 14.3. The molecule has 5 nitrogen and oxygen atoms in total. The van der Waals surface area contributed by atoms with Crippen LogP contribution in [0.3, 0.4) is 0 Å². The van der Waals surface area contributed by atoms with E-state index in [0.29, 0.717) is 6.42 Å². The molecule has 0 radical (unpaired) electrons. The highest BCUT2D eigenvalue weighted by atomic mass is 16.6. The summed E-state index contributed by atoms with van der Waals surface area (Å²) in [6.07, 6.45) is 2.92. The summed E-state index contributed by atoms with van der Waals surface area (Å²) in [4.78, 5) is 22.0. The van der Waals surface area contributed by atoms with Crippen molar-refractivity contribution in [1.29, 1.82) is 0 Å². The fourth-order valence-electron chi connectivity index (χ4n) is 1.86. The fraction of sp³-hybridized carbons (Fsp3) is 0.500. The molecule has 0 heterocycles. The quantitative estimate of drug-likeness (QED) is 0.339. The Labute approximate surface area is 112 Å². The first kappa shape index (κ1) is 15.3. The largest absolute Gasteiger partial charge is 0.393 e. The lowest BCUT2D eigenvalue weighted by atomic mass is 10.0. The van der Waals surface area contributed by atoms with Crippen molar-refractivity contribution in [2.75, 3.05) is 0 Å². The highest BCUT2D eigenvalue weighted by Crippen LogP contribution is 2.16. The topological polar surface area (TPSA) is 80.4 Å². The molecule has 0 saturated carbocycles. The number of aliphatic hydroxyl groups excluding tert-OH is 1. The van der Waals surface area contributed by atoms with Crippen molar-refractivity contribution in [3.63, 3.8) is 0 Å². The van der Waals surface area contributed by atoms with E-state index >= 15 is 0 Å². The average Bonchev–Trinajstić information content (AvgIpc) is 2.39. The van der Waals surface area contributed by atoms with Gasteiger partial charge in [-0.05, 0) is 6.42 Å². The molecule has 19 heavy (non-hydrogen) atoms. The van der Waals surface area contributed by atoms with E-state index in [1.54, 1.807) is 0 Å². The monoisotopic (exact) mass is 265 g/mol. The van der Waals surface area contributed by atoms with Crippen LogP contribution in [0.15, 0.2) is 24.3 Å². The Hall–Kier alpha value is -1.75. The van der Waals surface area contributed by atoms with Crippen LogP contribution < -0.4 is 0 Å². The average molecular weight is 265 g/mol. The zero-order valence-electron chi connectivity index (χ0n) is 11.0. The highest BCUT2D eigenvalue weighted by molar-refractivity contribution is 5.96. The first-order valence-electron chi connectivity index (χ1n) is 6.50. The minimum Gasteiger partial charge on any atom is -0.393 e. The van der Waals surface area contributed by atoms with E-state index in [1.807, 2.05) is 0 Å². The number of hydrogen-bond donors (Lipinski definition) is 1. The summed E-state index contributed by atoms with van der Waals surface area (Å²) in [6, 6.07) is 5.61. The molecule has 5 heteroatoms. The lowest BCUT2D eigenvalue weighted by Crippen LogP contribution is -2.13. The van der Waals surface area contributed by atoms with E-state index in [4.69, 9.17) is 0 Å². The molecule has 1 atom stereocenters. The summed E-state index contributed by atoms with van der Waals surface area (Å²) >= 11 is 0. The summed E-state index contributed by atoms with van der Waals surface area (Å²) in [5.74, 6) is -0.257. The number of unbranched alkanes of at least 4 members (excludes halogenated alkanes) is 2. The van der Waals surface area contributed by atoms with Crippen molar-refractivity contribution in [1.82, 2.24) is 0 Å². The predicted octanol–water partition coefficient (Wildman–Crippen LogP) is 3.11. The van der Waals surface area contributed by atoms with Crippen molar-refractivity contribution < 1.29 is 14.8 Å². The first-order chi connectivity index (χ1) is 9.04. The lowest BCUT2D eigenvalue weighted by Gasteiger charge is -2.09. The molecular formula is C14H19NO4. The molecule has 0 amide bonds. The second-order valence-corrected chi connectivity index (χ2v) is 4.58. The number of nitro benzene ring substituents is 1. The maximum absolute atomic E-state index is 11.9. The van der Waals surface area contributed by atoms with Gasteiger partial charge in [0.25, 0.3) is 5.69 Å². The summed E-state index contributed by atoms with van der Waals surface area (Å²) in [6.45, 7) is 2.07. The standard InChI is InChI=1S/C14H19NO4/c1-2-3-4-8-13(16)10-14(17)11-6-5-7-12(9-11)15(18)19/h5-7,9,13,16H,2-4,8,10H2,1H3/t13-/m1/s1. The van der Waals surface area contributed by atoms with Gasteiger partial charge in [-0.2, -0.15) is 0 Å². The van der Waals surface area contributed by atoms with Crippen LogP contribution >= 0.6 is 0 Å². The molecule has 0 aliphatic carbocycles. The van der Waals surface area contributed by atoms with Gasteiger partial charge in [-0.25, -0.2) is 0 Å². The van der Waals surface area contributed by atoms with Gasteiger partial charge in [-0.3, -0.25) is 14.9 Å². The molecule has 0 aliphatic rings. The lowest BCUT2D eigenvalue weighted by molar-refractivity contribution is -0.384. The molecule has 0 bridgehead atoms. The Kier molecular flexibility index (Phi) is 6.15. The molecule has 0 fully saturated rings. The van der Waals surface area contributed by atoms with E-state index in [9.17, 15) is 20.0 Å². The Morgan fingerprint density at radius 3 is 2.79 bits per heavy atom. The Morgan fingerprint density at radius 1 is 1.42 bits per heavy atom. The molecule has 0 saturated heterocycles. The van der Waals surface area contributed by atoms with Gasteiger partial charge >= 0.3 is 0 Å². The molecule has 0 aromatic heterocycles. The SMILES string of the molecule is CCCCC[C@@H](O)CC(=O)c1cccc([N+](=O)[O-])c1. The third-order valence-corrected chi connectivity index (χ3v) is 2.94. The van der Waals surface area contributed by atoms with Gasteiger partial charge in [0.15, 0.2) is 5.78 Å². The fourth-order valence-corrected chi connectivity index (χ4v) is 1.86. The number of aliphatic hydroxyl groups is 1. The van der Waals surface area contributed by atoms with Crippen molar-refractivity contribution in [2.45, 2.75) is 45.1 Å². The van der Waals surface area contributed by atoms with Crippen LogP contribution in [0.4, 0.5) is 5.69 Å². The minimum atomic E-state index is -0.668. The maximum atomic E-state index is 11.9. The van der Waals surface area contributed by atoms with E-state index in [2.05, 4.69) is 6.92 Å². The number of benzene rings is 1. The molecule has 1 N–H and O–H groups in total. The number of ketones is 1. The van der Waals surface area contributed by atoms with Gasteiger partial charge in [-0.1, -0.05) is 38.3 Å². The molecule has 1 aromatic carbocycles. The predicted molar refractivity (Wildman–Crippen MR) is 72.2 cm³/mol. The van der Waals surface area contributed by atoms with E-state index in [-0.39, 0.29) is 23.5 Å². The van der Waals surface area contributed by atoms with Crippen LogP contribution in [0.1, 0.15) is 49.4 Å². The van der Waals surface area contributed by atoms with Crippen molar-refractivity contribution in [3.05, 3.63) is 39.9 Å². The molecule has 1 rings (SSSR count). The van der Waals surface area contributed by atoms with Gasteiger partial charge in [0, 0.05) is 24.1 Å². The van der Waals surface area contributed by atoms with Crippen LogP contribution in [-0.2, 0) is 0 Å². The molecule has 1 aromatic rings. The Bertz CT molecular complexity index is 445. The van der Waals surface area contributed by atoms with Crippen LogP contribution in [0, 0.1) is 10.1 Å². The number of non-ortho nitro benzene ring substituents is 1. The number of hydrogen-bond acceptors (Lipinski definition) is 4. The van der Waals surface area contributed by atoms with Gasteiger partial charge in [0.05, 0.1) is 11.0 Å². The normalized spacial score (nSPS) is 12.1. The van der Waals surface area contributed by atoms with Gasteiger partial charge in [0.1, 0.15) is 0 Å². The van der Waals surface area contributed by atoms with Crippen LogP contribution in [0.25, 0.3) is 0 Å². The minimum absolute atomic E-state index is 0.0187. The summed E-state index contributed by atoms with van der Waals surface area (Å²) in [5.41, 5.74) is 0.176. The number of nitro groups is 1. The first-order valence-corrected chi connectivity index (χ1v) is 6.50. The van der Waals surface area contributed by atoms with E-state index in [0.717, 1.165) is 19.3 Å². The highest BCUT2D eigenvalue weighted by Gasteiger charge is 2.15. The number of carbonyl (C=O) groups excluding carboxylic acids is 1. The third-order valence-electron chi connectivity index (χ3n) is 2.94. The van der Waals surface area contributed by atoms with Gasteiger partial charge in [0.2, 0.25) is 0 Å². The smallest absolute Gasteiger partial charge is 0.270 e. The second-order valence-electron chi connectivity index (χ2n) is 4.58. The van der Waals surface area contributed by atoms with E-state index < -0.39 is 11.0 Å². The summed E-state index contributed by atoms with van der Waals surface area (Å²) in [7, 11) is 0. The van der Waals surface area contributed by atoms with Crippen LogP contribution in [0.5, 0.6) is 0 Å². The number of Topliss-reactive ketones (excluding diaryl/α,β-unsaturated/α-hetero) is 1. The molecule has 104 valence electrons. The molecular weight excluding hydrogens is 246 g/mol. The van der Waals surface area contributed by atoms with Crippen molar-refractivity contribution in [2.24, 2.45) is 0 Å². The zero-order valence-corrected chi connectivity index (χ0v) is 11.0. The molecule has 0 aliphatic heterocycles. The second kappa shape index (κ2) is 7.63. The maximum Gasteiger partial charge on any atom is 0.270 e. The number of rotatable bonds is 8. The Morgan fingerprint density at radius 2 is 2.16 bits per heavy atom. The van der Waals surface area contributed by atoms with Gasteiger partial charge in [-0.15, -0.1) is 0 Å². The number of carbonyl (C=O) groups is 1. The van der Waals surface area contributed by atoms with Gasteiger partial charge < -0.3 is 5.11 Å². The third kappa shape index (κ3) is 5.18. The Balaban J connectivity index is 2.57. The summed E-state index contributed by atoms with van der Waals surface area (Å²) < 4.78 is 0. The van der Waals surface area contributed by atoms with Crippen LogP contribution in [0.2, 0.25) is 0 Å². The van der Waals surface area contributed by atoms with Crippen molar-refractivity contribution in [3.8, 4) is 0 Å². The summed E-state index contributed by atoms with van der Waals surface area (Å²) in [5, 5.41) is 20.3. The number of nitrogens with zero attached hydrogens (tertiary/aromatic N) is 1. The van der Waals surface area contributed by atoms with E-state index in [1.165, 1.54) is 24.3 Å². The molecule has 0 spiro atoms.